The van der Waals surface area contributed by atoms with Crippen LogP contribution in [0.1, 0.15) is 22.3 Å². The summed E-state index contributed by atoms with van der Waals surface area (Å²) in [6.07, 6.45) is 1.67. The first kappa shape index (κ1) is 16.7. The summed E-state index contributed by atoms with van der Waals surface area (Å²) >= 11 is 1.53. The van der Waals surface area contributed by atoms with Crippen molar-refractivity contribution in [2.24, 2.45) is 0 Å². The van der Waals surface area contributed by atoms with E-state index in [1.807, 2.05) is 12.1 Å². The predicted molar refractivity (Wildman–Crippen MR) is 109 cm³/mol. The number of aromatic nitrogens is 2. The molecule has 3 nitrogen and oxygen atoms in total. The monoisotopic (exact) mass is 360 g/mol. The van der Waals surface area contributed by atoms with Crippen molar-refractivity contribution in [3.63, 3.8) is 0 Å². The van der Waals surface area contributed by atoms with Crippen molar-refractivity contribution in [3.8, 4) is 11.1 Å². The van der Waals surface area contributed by atoms with Crippen LogP contribution in [0.2, 0.25) is 0 Å². The fourth-order valence-corrected chi connectivity index (χ4v) is 4.26. The molecule has 0 atom stereocenters. The highest BCUT2D eigenvalue weighted by Gasteiger charge is 2.15. The molecule has 130 valence electrons. The highest BCUT2D eigenvalue weighted by Crippen LogP contribution is 2.33. The van der Waals surface area contributed by atoms with Gasteiger partial charge in [-0.1, -0.05) is 48.0 Å². The molecule has 0 radical (unpaired) electrons. The molecule has 0 bridgehead atoms. The van der Waals surface area contributed by atoms with Gasteiger partial charge in [-0.05, 0) is 43.0 Å². The van der Waals surface area contributed by atoms with Gasteiger partial charge in [-0.25, -0.2) is 4.98 Å². The van der Waals surface area contributed by atoms with Crippen LogP contribution in [0.15, 0.2) is 59.0 Å². The van der Waals surface area contributed by atoms with Crippen LogP contribution in [-0.4, -0.2) is 9.55 Å². The smallest absolute Gasteiger partial charge is 0.263 e. The van der Waals surface area contributed by atoms with E-state index < -0.39 is 0 Å². The van der Waals surface area contributed by atoms with Crippen LogP contribution in [-0.2, 0) is 6.54 Å². The Hall–Kier alpha value is -2.72. The first-order chi connectivity index (χ1) is 12.5. The van der Waals surface area contributed by atoms with E-state index in [-0.39, 0.29) is 5.56 Å². The molecule has 0 N–H and O–H groups in total. The van der Waals surface area contributed by atoms with E-state index in [0.29, 0.717) is 6.54 Å². The molecule has 4 rings (SSSR count). The minimum absolute atomic E-state index is 0.0227. The molecule has 0 amide bonds. The number of fused-ring (bicyclic) bond motifs is 1. The molecule has 0 unspecified atom stereocenters. The average molecular weight is 360 g/mol. The Balaban J connectivity index is 1.87. The third-order valence-corrected chi connectivity index (χ3v) is 5.72. The lowest BCUT2D eigenvalue weighted by molar-refractivity contribution is 0.745. The standard InChI is InChI=1S/C22H20N2OS/c1-14-8-9-18(16(3)10-14)19-12-26-21-20(19)22(25)24(13-23-21)11-17-7-5-4-6-15(17)2/h4-10,12-13H,11H2,1-3H3. The third-order valence-electron chi connectivity index (χ3n) is 4.83. The Morgan fingerprint density at radius 2 is 1.81 bits per heavy atom. The van der Waals surface area contributed by atoms with Crippen molar-refractivity contribution in [1.82, 2.24) is 9.55 Å². The SMILES string of the molecule is Cc1ccc(-c2csc3ncn(Cc4ccccc4C)c(=O)c23)c(C)c1. The van der Waals surface area contributed by atoms with E-state index in [1.165, 1.54) is 28.0 Å². The lowest BCUT2D eigenvalue weighted by Crippen LogP contribution is -2.21. The molecule has 0 fully saturated rings. The summed E-state index contributed by atoms with van der Waals surface area (Å²) in [6, 6.07) is 14.5. The maximum atomic E-state index is 13.2. The summed E-state index contributed by atoms with van der Waals surface area (Å²) in [5.74, 6) is 0. The number of rotatable bonds is 3. The molecule has 0 aliphatic heterocycles. The Morgan fingerprint density at radius 3 is 2.58 bits per heavy atom. The van der Waals surface area contributed by atoms with Crippen LogP contribution in [0.25, 0.3) is 21.3 Å². The molecule has 0 aliphatic carbocycles. The summed E-state index contributed by atoms with van der Waals surface area (Å²) < 4.78 is 1.71. The van der Waals surface area contributed by atoms with Crippen molar-refractivity contribution in [2.45, 2.75) is 27.3 Å². The van der Waals surface area contributed by atoms with Gasteiger partial charge in [-0.15, -0.1) is 11.3 Å². The maximum Gasteiger partial charge on any atom is 0.263 e. The fourth-order valence-electron chi connectivity index (χ4n) is 3.37. The Labute approximate surface area is 156 Å². The molecule has 2 aromatic heterocycles. The minimum atomic E-state index is 0.0227. The van der Waals surface area contributed by atoms with E-state index in [9.17, 15) is 4.79 Å². The molecule has 4 aromatic rings. The van der Waals surface area contributed by atoms with Gasteiger partial charge >= 0.3 is 0 Å². The Kier molecular flexibility index (Phi) is 4.21. The summed E-state index contributed by atoms with van der Waals surface area (Å²) in [6.45, 7) is 6.78. The molecule has 0 saturated heterocycles. The highest BCUT2D eigenvalue weighted by atomic mass is 32.1. The molecule has 0 saturated carbocycles. The second-order valence-electron chi connectivity index (χ2n) is 6.75. The van der Waals surface area contributed by atoms with Crippen molar-refractivity contribution in [1.29, 1.82) is 0 Å². The van der Waals surface area contributed by atoms with Gasteiger partial charge in [0.05, 0.1) is 18.3 Å². The first-order valence-corrected chi connectivity index (χ1v) is 9.51. The quantitative estimate of drug-likeness (QED) is 0.509. The summed E-state index contributed by atoms with van der Waals surface area (Å²) in [5, 5.41) is 2.77. The van der Waals surface area contributed by atoms with E-state index in [4.69, 9.17) is 0 Å². The Morgan fingerprint density at radius 1 is 1.00 bits per heavy atom. The molecule has 2 aromatic carbocycles. The summed E-state index contributed by atoms with van der Waals surface area (Å²) in [5.41, 5.74) is 6.83. The number of nitrogens with zero attached hydrogens (tertiary/aromatic N) is 2. The van der Waals surface area contributed by atoms with Crippen molar-refractivity contribution < 1.29 is 0 Å². The molecular weight excluding hydrogens is 340 g/mol. The van der Waals surface area contributed by atoms with E-state index in [1.54, 1.807) is 10.9 Å². The number of aryl methyl sites for hydroxylation is 3. The molecular formula is C22H20N2OS. The van der Waals surface area contributed by atoms with Crippen LogP contribution >= 0.6 is 11.3 Å². The highest BCUT2D eigenvalue weighted by molar-refractivity contribution is 7.17. The number of benzene rings is 2. The van der Waals surface area contributed by atoms with Gasteiger partial charge in [0.1, 0.15) is 4.83 Å². The van der Waals surface area contributed by atoms with Crippen molar-refractivity contribution >= 4 is 21.6 Å². The summed E-state index contributed by atoms with van der Waals surface area (Å²) in [4.78, 5) is 18.5. The van der Waals surface area contributed by atoms with Gasteiger partial charge in [0, 0.05) is 10.9 Å². The lowest BCUT2D eigenvalue weighted by Gasteiger charge is -2.09. The fraction of sp³-hybridized carbons (Fsp3) is 0.182. The zero-order chi connectivity index (χ0) is 18.3. The molecule has 0 aliphatic rings. The first-order valence-electron chi connectivity index (χ1n) is 8.63. The largest absolute Gasteiger partial charge is 0.294 e. The second kappa shape index (κ2) is 6.54. The molecule has 26 heavy (non-hydrogen) atoms. The van der Waals surface area contributed by atoms with Gasteiger partial charge in [-0.3, -0.25) is 9.36 Å². The zero-order valence-corrected chi connectivity index (χ0v) is 15.9. The van der Waals surface area contributed by atoms with Gasteiger partial charge < -0.3 is 0 Å². The summed E-state index contributed by atoms with van der Waals surface area (Å²) in [7, 11) is 0. The van der Waals surface area contributed by atoms with Gasteiger partial charge in [0.2, 0.25) is 0 Å². The zero-order valence-electron chi connectivity index (χ0n) is 15.1. The molecule has 4 heteroatoms. The van der Waals surface area contributed by atoms with Crippen LogP contribution in [0.4, 0.5) is 0 Å². The number of hydrogen-bond donors (Lipinski definition) is 0. The molecule has 2 heterocycles. The maximum absolute atomic E-state index is 13.2. The van der Waals surface area contributed by atoms with Crippen LogP contribution in [0.5, 0.6) is 0 Å². The van der Waals surface area contributed by atoms with E-state index in [2.05, 4.69) is 61.5 Å². The van der Waals surface area contributed by atoms with E-state index >= 15 is 0 Å². The van der Waals surface area contributed by atoms with Gasteiger partial charge in [0.15, 0.2) is 0 Å². The second-order valence-corrected chi connectivity index (χ2v) is 7.61. The van der Waals surface area contributed by atoms with Crippen LogP contribution < -0.4 is 5.56 Å². The van der Waals surface area contributed by atoms with Crippen molar-refractivity contribution in [2.75, 3.05) is 0 Å². The lowest BCUT2D eigenvalue weighted by atomic mass is 9.99. The van der Waals surface area contributed by atoms with E-state index in [0.717, 1.165) is 26.9 Å². The normalized spacial score (nSPS) is 11.2. The Bertz CT molecular complexity index is 1170. The predicted octanol–water partition coefficient (Wildman–Crippen LogP) is 5.10. The average Bonchev–Trinajstić information content (AvgIpc) is 3.04. The number of thiophene rings is 1. The van der Waals surface area contributed by atoms with Crippen LogP contribution in [0.3, 0.4) is 0 Å². The third kappa shape index (κ3) is 2.86. The molecule has 0 spiro atoms. The number of hydrogen-bond acceptors (Lipinski definition) is 3. The van der Waals surface area contributed by atoms with Crippen LogP contribution in [0, 0.1) is 20.8 Å². The minimum Gasteiger partial charge on any atom is -0.294 e. The topological polar surface area (TPSA) is 34.9 Å². The van der Waals surface area contributed by atoms with Gasteiger partial charge in [0.25, 0.3) is 5.56 Å². The van der Waals surface area contributed by atoms with Crippen molar-refractivity contribution in [3.05, 3.63) is 86.8 Å². The van der Waals surface area contributed by atoms with Gasteiger partial charge in [-0.2, -0.15) is 0 Å².